The van der Waals surface area contributed by atoms with E-state index in [-0.39, 0.29) is 12.4 Å². The fourth-order valence-corrected chi connectivity index (χ4v) is 2.48. The molecule has 0 aliphatic heterocycles. The molecule has 0 saturated heterocycles. The Morgan fingerprint density at radius 1 is 1.39 bits per heavy atom. The van der Waals surface area contributed by atoms with Crippen molar-refractivity contribution in [3.05, 3.63) is 34.8 Å². The predicted octanol–water partition coefficient (Wildman–Crippen LogP) is 3.21. The van der Waals surface area contributed by atoms with E-state index in [9.17, 15) is 8.78 Å². The summed E-state index contributed by atoms with van der Waals surface area (Å²) in [7, 11) is 0. The molecule has 0 fully saturated rings. The monoisotopic (exact) mass is 271 g/mol. The summed E-state index contributed by atoms with van der Waals surface area (Å²) in [6, 6.07) is 6.48. The van der Waals surface area contributed by atoms with Gasteiger partial charge in [0.05, 0.1) is 22.7 Å². The molecule has 0 aliphatic carbocycles. The molecule has 0 radical (unpaired) electrons. The number of ether oxygens (including phenoxy) is 1. The van der Waals surface area contributed by atoms with E-state index in [4.69, 9.17) is 5.11 Å². The van der Waals surface area contributed by atoms with Crippen LogP contribution in [-0.2, 0) is 6.61 Å². The summed E-state index contributed by atoms with van der Waals surface area (Å²) in [5, 5.41) is 9.68. The SMILES string of the molecule is Cc1nc(-c2ccccc2OC(F)F)sc1CO. The van der Waals surface area contributed by atoms with E-state index < -0.39 is 6.61 Å². The minimum atomic E-state index is -2.87. The standard InChI is InChI=1S/C12H11F2NO2S/c1-7-10(6-16)18-11(15-7)8-4-2-3-5-9(8)17-12(13)14/h2-5,12,16H,6H2,1H3. The van der Waals surface area contributed by atoms with E-state index >= 15 is 0 Å². The summed E-state index contributed by atoms with van der Waals surface area (Å²) in [6.45, 7) is -1.21. The zero-order valence-corrected chi connectivity index (χ0v) is 10.4. The van der Waals surface area contributed by atoms with Gasteiger partial charge in [0.25, 0.3) is 0 Å². The molecule has 1 aromatic carbocycles. The Balaban J connectivity index is 2.42. The Bertz CT molecular complexity index is 543. The number of hydrogen-bond acceptors (Lipinski definition) is 4. The van der Waals surface area contributed by atoms with Crippen LogP contribution in [0.3, 0.4) is 0 Å². The van der Waals surface area contributed by atoms with E-state index in [1.165, 1.54) is 17.4 Å². The molecule has 0 amide bonds. The molecule has 18 heavy (non-hydrogen) atoms. The number of aryl methyl sites for hydroxylation is 1. The second kappa shape index (κ2) is 5.41. The van der Waals surface area contributed by atoms with Crippen LogP contribution in [-0.4, -0.2) is 16.7 Å². The van der Waals surface area contributed by atoms with Gasteiger partial charge in [0.1, 0.15) is 10.8 Å². The molecule has 1 N–H and O–H groups in total. The normalized spacial score (nSPS) is 10.9. The summed E-state index contributed by atoms with van der Waals surface area (Å²) >= 11 is 1.27. The molecule has 6 heteroatoms. The molecule has 96 valence electrons. The first-order valence-electron chi connectivity index (χ1n) is 5.23. The minimum Gasteiger partial charge on any atom is -0.434 e. The van der Waals surface area contributed by atoms with Crippen molar-refractivity contribution in [3.63, 3.8) is 0 Å². The number of alkyl halides is 2. The summed E-state index contributed by atoms with van der Waals surface area (Å²) in [5.41, 5.74) is 1.20. The first-order valence-corrected chi connectivity index (χ1v) is 6.05. The quantitative estimate of drug-likeness (QED) is 0.928. The van der Waals surface area contributed by atoms with Crippen LogP contribution in [0.25, 0.3) is 10.6 Å². The van der Waals surface area contributed by atoms with Crippen molar-refractivity contribution in [1.82, 2.24) is 4.98 Å². The van der Waals surface area contributed by atoms with Crippen LogP contribution >= 0.6 is 11.3 Å². The van der Waals surface area contributed by atoms with E-state index in [2.05, 4.69) is 9.72 Å². The molecular weight excluding hydrogens is 260 g/mol. The lowest BCUT2D eigenvalue weighted by molar-refractivity contribution is -0.0494. The minimum absolute atomic E-state index is 0.0886. The lowest BCUT2D eigenvalue weighted by Gasteiger charge is -2.08. The van der Waals surface area contributed by atoms with Crippen LogP contribution < -0.4 is 4.74 Å². The fraction of sp³-hybridized carbons (Fsp3) is 0.250. The van der Waals surface area contributed by atoms with Crippen LogP contribution in [0.1, 0.15) is 10.6 Å². The Labute approximate surface area is 107 Å². The van der Waals surface area contributed by atoms with Gasteiger partial charge in [-0.05, 0) is 19.1 Å². The molecule has 1 heterocycles. The average molecular weight is 271 g/mol. The molecule has 0 bridgehead atoms. The number of benzene rings is 1. The Kier molecular flexibility index (Phi) is 3.88. The number of rotatable bonds is 4. The number of thiazole rings is 1. The molecule has 2 aromatic rings. The van der Waals surface area contributed by atoms with Crippen LogP contribution in [0.15, 0.2) is 24.3 Å². The molecule has 1 aromatic heterocycles. The highest BCUT2D eigenvalue weighted by atomic mass is 32.1. The van der Waals surface area contributed by atoms with E-state index in [1.807, 2.05) is 0 Å². The molecule has 3 nitrogen and oxygen atoms in total. The van der Waals surface area contributed by atoms with Gasteiger partial charge in [-0.3, -0.25) is 0 Å². The average Bonchev–Trinajstić information content (AvgIpc) is 2.70. The third-order valence-corrected chi connectivity index (χ3v) is 3.55. The molecular formula is C12H11F2NO2S. The highest BCUT2D eigenvalue weighted by molar-refractivity contribution is 7.15. The van der Waals surface area contributed by atoms with Crippen molar-refractivity contribution in [3.8, 4) is 16.3 Å². The second-order valence-electron chi connectivity index (χ2n) is 3.56. The van der Waals surface area contributed by atoms with Crippen molar-refractivity contribution in [1.29, 1.82) is 0 Å². The second-order valence-corrected chi connectivity index (χ2v) is 4.64. The topological polar surface area (TPSA) is 42.4 Å². The van der Waals surface area contributed by atoms with Crippen LogP contribution in [0, 0.1) is 6.92 Å². The summed E-state index contributed by atoms with van der Waals surface area (Å²) in [5.74, 6) is 0.0886. The van der Waals surface area contributed by atoms with Gasteiger partial charge in [-0.15, -0.1) is 11.3 Å². The molecule has 0 aliphatic rings. The van der Waals surface area contributed by atoms with Crippen molar-refractivity contribution in [2.75, 3.05) is 0 Å². The maximum Gasteiger partial charge on any atom is 0.387 e. The van der Waals surface area contributed by atoms with Gasteiger partial charge in [0.2, 0.25) is 0 Å². The summed E-state index contributed by atoms with van der Waals surface area (Å²) in [4.78, 5) is 4.97. The van der Waals surface area contributed by atoms with Crippen molar-refractivity contribution >= 4 is 11.3 Å². The highest BCUT2D eigenvalue weighted by Gasteiger charge is 2.15. The van der Waals surface area contributed by atoms with Crippen molar-refractivity contribution < 1.29 is 18.6 Å². The van der Waals surface area contributed by atoms with Gasteiger partial charge in [-0.1, -0.05) is 12.1 Å². The number of aliphatic hydroxyl groups is 1. The van der Waals surface area contributed by atoms with Gasteiger partial charge < -0.3 is 9.84 Å². The Morgan fingerprint density at radius 3 is 2.72 bits per heavy atom. The Morgan fingerprint density at radius 2 is 2.11 bits per heavy atom. The third kappa shape index (κ3) is 2.65. The van der Waals surface area contributed by atoms with E-state index in [0.29, 0.717) is 16.3 Å². The molecule has 2 rings (SSSR count). The zero-order valence-electron chi connectivity index (χ0n) is 9.56. The van der Waals surface area contributed by atoms with Gasteiger partial charge in [0.15, 0.2) is 0 Å². The maximum atomic E-state index is 12.3. The van der Waals surface area contributed by atoms with Gasteiger partial charge in [-0.25, -0.2) is 4.98 Å². The molecule has 0 saturated carbocycles. The number of nitrogens with zero attached hydrogens (tertiary/aromatic N) is 1. The maximum absolute atomic E-state index is 12.3. The summed E-state index contributed by atoms with van der Waals surface area (Å²) in [6.07, 6.45) is 0. The number of hydrogen-bond donors (Lipinski definition) is 1. The van der Waals surface area contributed by atoms with Crippen LogP contribution in [0.5, 0.6) is 5.75 Å². The third-order valence-electron chi connectivity index (χ3n) is 2.37. The van der Waals surface area contributed by atoms with Crippen LogP contribution in [0.4, 0.5) is 8.78 Å². The number of aromatic nitrogens is 1. The molecule has 0 atom stereocenters. The Hall–Kier alpha value is -1.53. The van der Waals surface area contributed by atoms with E-state index in [0.717, 1.165) is 4.88 Å². The van der Waals surface area contributed by atoms with Crippen molar-refractivity contribution in [2.24, 2.45) is 0 Å². The van der Waals surface area contributed by atoms with Gasteiger partial charge >= 0.3 is 6.61 Å². The summed E-state index contributed by atoms with van der Waals surface area (Å²) < 4.78 is 29.0. The number of aliphatic hydroxyl groups excluding tert-OH is 1. The smallest absolute Gasteiger partial charge is 0.387 e. The van der Waals surface area contributed by atoms with Gasteiger partial charge in [0, 0.05) is 0 Å². The lowest BCUT2D eigenvalue weighted by Crippen LogP contribution is -2.02. The largest absolute Gasteiger partial charge is 0.434 e. The highest BCUT2D eigenvalue weighted by Crippen LogP contribution is 2.34. The lowest BCUT2D eigenvalue weighted by atomic mass is 10.2. The molecule has 0 unspecified atom stereocenters. The number of para-hydroxylation sites is 1. The molecule has 0 spiro atoms. The fourth-order valence-electron chi connectivity index (χ4n) is 1.53. The van der Waals surface area contributed by atoms with Crippen molar-refractivity contribution in [2.45, 2.75) is 20.1 Å². The first-order chi connectivity index (χ1) is 8.61. The van der Waals surface area contributed by atoms with Crippen LogP contribution in [0.2, 0.25) is 0 Å². The zero-order chi connectivity index (χ0) is 13.1. The van der Waals surface area contributed by atoms with Gasteiger partial charge in [-0.2, -0.15) is 8.78 Å². The predicted molar refractivity (Wildman–Crippen MR) is 64.8 cm³/mol. The van der Waals surface area contributed by atoms with E-state index in [1.54, 1.807) is 25.1 Å². The first kappa shape index (κ1) is 12.9. The number of halogens is 2.